The lowest BCUT2D eigenvalue weighted by molar-refractivity contribution is 0.186. The molecule has 0 aromatic heterocycles. The van der Waals surface area contributed by atoms with Gasteiger partial charge < -0.3 is 10.1 Å². The van der Waals surface area contributed by atoms with Gasteiger partial charge >= 0.3 is 0 Å². The molecule has 3 unspecified atom stereocenters. The smallest absolute Gasteiger partial charge is 0.150 e. The normalized spacial score (nSPS) is 36.4. The first-order valence-corrected chi connectivity index (χ1v) is 8.04. The molecule has 1 aliphatic carbocycles. The Balaban J connectivity index is 1.86. The predicted octanol–water partition coefficient (Wildman–Crippen LogP) is 0.721. The second kappa shape index (κ2) is 5.02. The summed E-state index contributed by atoms with van der Waals surface area (Å²) in [6.45, 7) is 1.61. The van der Waals surface area contributed by atoms with Crippen LogP contribution in [-0.4, -0.2) is 45.2 Å². The molecule has 16 heavy (non-hydrogen) atoms. The monoisotopic (exact) mass is 247 g/mol. The van der Waals surface area contributed by atoms with E-state index in [4.69, 9.17) is 4.74 Å². The Morgan fingerprint density at radius 2 is 2.00 bits per heavy atom. The van der Waals surface area contributed by atoms with Crippen LogP contribution in [0.5, 0.6) is 0 Å². The van der Waals surface area contributed by atoms with Crippen molar-refractivity contribution in [2.45, 2.75) is 49.4 Å². The summed E-state index contributed by atoms with van der Waals surface area (Å²) >= 11 is 0. The van der Waals surface area contributed by atoms with Gasteiger partial charge in [-0.2, -0.15) is 0 Å². The van der Waals surface area contributed by atoms with Gasteiger partial charge in [0.2, 0.25) is 0 Å². The zero-order valence-electron chi connectivity index (χ0n) is 9.81. The van der Waals surface area contributed by atoms with Gasteiger partial charge in [0.1, 0.15) is 9.84 Å². The zero-order valence-corrected chi connectivity index (χ0v) is 10.6. The second-order valence-corrected chi connectivity index (χ2v) is 7.37. The minimum absolute atomic E-state index is 0.138. The first-order valence-electron chi connectivity index (χ1n) is 6.08. The molecule has 1 saturated carbocycles. The molecule has 2 rings (SSSR count). The summed E-state index contributed by atoms with van der Waals surface area (Å²) in [5.74, 6) is 0. The highest BCUT2D eigenvalue weighted by atomic mass is 32.2. The van der Waals surface area contributed by atoms with Gasteiger partial charge in [-0.05, 0) is 25.7 Å². The van der Waals surface area contributed by atoms with Gasteiger partial charge in [0, 0.05) is 24.9 Å². The Morgan fingerprint density at radius 3 is 2.62 bits per heavy atom. The zero-order chi connectivity index (χ0) is 11.6. The van der Waals surface area contributed by atoms with E-state index in [2.05, 4.69) is 5.32 Å². The van der Waals surface area contributed by atoms with E-state index in [0.29, 0.717) is 12.1 Å². The average molecular weight is 247 g/mol. The summed E-state index contributed by atoms with van der Waals surface area (Å²) < 4.78 is 28.3. The van der Waals surface area contributed by atoms with E-state index in [1.807, 2.05) is 0 Å². The topological polar surface area (TPSA) is 55.4 Å². The fourth-order valence-electron chi connectivity index (χ4n) is 2.68. The third-order valence-corrected chi connectivity index (χ3v) is 5.27. The number of ether oxygens (including phenoxy) is 1. The molecule has 0 radical (unpaired) electrons. The number of hydrogen-bond donors (Lipinski definition) is 1. The first-order chi connectivity index (χ1) is 7.55. The van der Waals surface area contributed by atoms with Crippen LogP contribution < -0.4 is 5.32 Å². The third kappa shape index (κ3) is 3.18. The molecule has 4 nitrogen and oxygen atoms in total. The highest BCUT2D eigenvalue weighted by Crippen LogP contribution is 2.24. The molecule has 0 bridgehead atoms. The number of hydrogen-bond acceptors (Lipinski definition) is 4. The molecule has 94 valence electrons. The lowest BCUT2D eigenvalue weighted by Crippen LogP contribution is -2.44. The maximum atomic E-state index is 11.5. The van der Waals surface area contributed by atoms with E-state index < -0.39 is 9.84 Å². The van der Waals surface area contributed by atoms with E-state index in [0.717, 1.165) is 45.3 Å². The van der Waals surface area contributed by atoms with Gasteiger partial charge in [0.15, 0.2) is 0 Å². The van der Waals surface area contributed by atoms with E-state index in [-0.39, 0.29) is 5.25 Å². The van der Waals surface area contributed by atoms with Crippen molar-refractivity contribution in [2.75, 3.05) is 19.5 Å². The van der Waals surface area contributed by atoms with Crippen LogP contribution in [0.2, 0.25) is 0 Å². The standard InChI is InChI=1S/C11H21NO3S/c1-16(13,14)11-4-2-3-9(7-11)12-10-5-6-15-8-10/h9-12H,2-8H2,1H3. The van der Waals surface area contributed by atoms with Gasteiger partial charge in [-0.3, -0.25) is 0 Å². The molecular weight excluding hydrogens is 226 g/mol. The van der Waals surface area contributed by atoms with Crippen LogP contribution in [0.15, 0.2) is 0 Å². The average Bonchev–Trinajstić information content (AvgIpc) is 2.70. The molecule has 0 amide bonds. The van der Waals surface area contributed by atoms with Crippen molar-refractivity contribution in [3.63, 3.8) is 0 Å². The highest BCUT2D eigenvalue weighted by Gasteiger charge is 2.30. The van der Waals surface area contributed by atoms with E-state index in [1.165, 1.54) is 6.26 Å². The fraction of sp³-hybridized carbons (Fsp3) is 1.00. The van der Waals surface area contributed by atoms with Crippen molar-refractivity contribution in [3.05, 3.63) is 0 Å². The molecule has 2 aliphatic rings. The minimum Gasteiger partial charge on any atom is -0.380 e. The lowest BCUT2D eigenvalue weighted by atomic mass is 9.94. The fourth-order valence-corrected chi connectivity index (χ4v) is 3.86. The summed E-state index contributed by atoms with van der Waals surface area (Å²) in [5.41, 5.74) is 0. The highest BCUT2D eigenvalue weighted by molar-refractivity contribution is 7.91. The van der Waals surface area contributed by atoms with Gasteiger partial charge in [0.05, 0.1) is 11.9 Å². The van der Waals surface area contributed by atoms with Crippen LogP contribution in [0, 0.1) is 0 Å². The van der Waals surface area contributed by atoms with Crippen LogP contribution in [0.3, 0.4) is 0 Å². The Bertz CT molecular complexity index is 322. The van der Waals surface area contributed by atoms with Crippen molar-refractivity contribution in [1.82, 2.24) is 5.32 Å². The molecule has 1 N–H and O–H groups in total. The van der Waals surface area contributed by atoms with Crippen LogP contribution in [0.4, 0.5) is 0 Å². The van der Waals surface area contributed by atoms with Crippen molar-refractivity contribution < 1.29 is 13.2 Å². The summed E-state index contributed by atoms with van der Waals surface area (Å²) in [4.78, 5) is 0. The molecule has 1 aliphatic heterocycles. The van der Waals surface area contributed by atoms with Crippen LogP contribution >= 0.6 is 0 Å². The maximum absolute atomic E-state index is 11.5. The molecular formula is C11H21NO3S. The number of nitrogens with one attached hydrogen (secondary N) is 1. The largest absolute Gasteiger partial charge is 0.380 e. The van der Waals surface area contributed by atoms with Gasteiger partial charge in [-0.1, -0.05) is 6.42 Å². The quantitative estimate of drug-likeness (QED) is 0.798. The Labute approximate surface area is 97.7 Å². The first kappa shape index (κ1) is 12.3. The molecule has 0 spiro atoms. The van der Waals surface area contributed by atoms with E-state index in [1.54, 1.807) is 0 Å². The second-order valence-electron chi connectivity index (χ2n) is 5.04. The minimum atomic E-state index is -2.86. The Hall–Kier alpha value is -0.130. The predicted molar refractivity (Wildman–Crippen MR) is 63.2 cm³/mol. The summed E-state index contributed by atoms with van der Waals surface area (Å²) in [7, 11) is -2.86. The molecule has 0 aromatic rings. The lowest BCUT2D eigenvalue weighted by Gasteiger charge is -2.30. The summed E-state index contributed by atoms with van der Waals surface area (Å²) in [6, 6.07) is 0.795. The van der Waals surface area contributed by atoms with E-state index >= 15 is 0 Å². The Morgan fingerprint density at radius 1 is 1.19 bits per heavy atom. The Kier molecular flexibility index (Phi) is 3.87. The van der Waals surface area contributed by atoms with Crippen molar-refractivity contribution in [3.8, 4) is 0 Å². The van der Waals surface area contributed by atoms with Crippen molar-refractivity contribution >= 4 is 9.84 Å². The SMILES string of the molecule is CS(=O)(=O)C1CCCC(NC2CCOC2)C1. The summed E-state index contributed by atoms with van der Waals surface area (Å²) in [5, 5.41) is 3.39. The van der Waals surface area contributed by atoms with E-state index in [9.17, 15) is 8.42 Å². The number of rotatable bonds is 3. The van der Waals surface area contributed by atoms with Gasteiger partial charge in [-0.15, -0.1) is 0 Å². The molecule has 5 heteroatoms. The van der Waals surface area contributed by atoms with Crippen LogP contribution in [0.25, 0.3) is 0 Å². The van der Waals surface area contributed by atoms with Crippen molar-refractivity contribution in [1.29, 1.82) is 0 Å². The maximum Gasteiger partial charge on any atom is 0.150 e. The molecule has 1 saturated heterocycles. The molecule has 3 atom stereocenters. The molecule has 0 aromatic carbocycles. The van der Waals surface area contributed by atoms with Gasteiger partial charge in [0.25, 0.3) is 0 Å². The molecule has 2 fully saturated rings. The molecule has 1 heterocycles. The third-order valence-electron chi connectivity index (χ3n) is 3.63. The van der Waals surface area contributed by atoms with Crippen molar-refractivity contribution in [2.24, 2.45) is 0 Å². The van der Waals surface area contributed by atoms with Crippen LogP contribution in [-0.2, 0) is 14.6 Å². The van der Waals surface area contributed by atoms with Gasteiger partial charge in [-0.25, -0.2) is 8.42 Å². The summed E-state index contributed by atoms with van der Waals surface area (Å²) in [6.07, 6.45) is 6.14. The number of sulfone groups is 1. The van der Waals surface area contributed by atoms with Crippen LogP contribution in [0.1, 0.15) is 32.1 Å².